The summed E-state index contributed by atoms with van der Waals surface area (Å²) in [5.74, 6) is -0.199. The van der Waals surface area contributed by atoms with E-state index >= 15 is 4.39 Å². The van der Waals surface area contributed by atoms with Crippen molar-refractivity contribution in [2.24, 2.45) is 7.05 Å². The van der Waals surface area contributed by atoms with Crippen LogP contribution in [0.4, 0.5) is 4.39 Å². The van der Waals surface area contributed by atoms with Gasteiger partial charge in [-0.3, -0.25) is 4.57 Å². The first-order valence-corrected chi connectivity index (χ1v) is 8.73. The third-order valence-electron chi connectivity index (χ3n) is 4.07. The number of aryl methyl sites for hydroxylation is 1. The highest BCUT2D eigenvalue weighted by molar-refractivity contribution is 6.30. The van der Waals surface area contributed by atoms with E-state index in [-0.39, 0.29) is 23.9 Å². The fourth-order valence-electron chi connectivity index (χ4n) is 2.53. The van der Waals surface area contributed by atoms with Gasteiger partial charge in [0.25, 0.3) is 0 Å². The zero-order chi connectivity index (χ0) is 20.3. The van der Waals surface area contributed by atoms with E-state index in [1.165, 1.54) is 35.9 Å². The molecule has 0 atom stereocenters. The SMILES string of the molecule is CCc1ccc(OCc2n[nH]c(=O)n2C)c(F)c1Oc1cc(Cl)cc(C#N)c1. The molecule has 3 rings (SSSR count). The summed E-state index contributed by atoms with van der Waals surface area (Å²) in [6.07, 6.45) is 0.520. The molecule has 0 aliphatic rings. The number of aromatic amines is 1. The zero-order valence-corrected chi connectivity index (χ0v) is 15.9. The molecule has 3 aromatic rings. The van der Waals surface area contributed by atoms with Crippen LogP contribution in [0, 0.1) is 17.1 Å². The number of rotatable bonds is 6. The van der Waals surface area contributed by atoms with Crippen molar-refractivity contribution in [1.29, 1.82) is 5.26 Å². The maximum atomic E-state index is 15.1. The van der Waals surface area contributed by atoms with E-state index in [1.54, 1.807) is 6.07 Å². The molecule has 0 radical (unpaired) electrons. The summed E-state index contributed by atoms with van der Waals surface area (Å²) >= 11 is 5.99. The fraction of sp³-hybridized carbons (Fsp3) is 0.211. The highest BCUT2D eigenvalue weighted by atomic mass is 35.5. The molecule has 1 aromatic heterocycles. The highest BCUT2D eigenvalue weighted by Gasteiger charge is 2.18. The summed E-state index contributed by atoms with van der Waals surface area (Å²) in [5.41, 5.74) is 0.530. The van der Waals surface area contributed by atoms with Gasteiger partial charge in [-0.1, -0.05) is 24.6 Å². The Hall–Kier alpha value is -3.31. The maximum Gasteiger partial charge on any atom is 0.343 e. The standard InChI is InChI=1S/C19H16ClFN4O3/c1-3-12-4-5-15(27-10-16-23-24-19(26)25(16)2)17(21)18(12)28-14-7-11(9-22)6-13(20)8-14/h4-8H,3,10H2,1-2H3,(H,24,26). The Morgan fingerprint density at radius 1 is 1.36 bits per heavy atom. The van der Waals surface area contributed by atoms with Crippen LogP contribution in [0.3, 0.4) is 0 Å². The smallest absolute Gasteiger partial charge is 0.343 e. The van der Waals surface area contributed by atoms with Crippen LogP contribution in [0.1, 0.15) is 23.9 Å². The summed E-state index contributed by atoms with van der Waals surface area (Å²) in [6.45, 7) is 1.76. The molecule has 0 saturated carbocycles. The van der Waals surface area contributed by atoms with Gasteiger partial charge in [0.05, 0.1) is 11.6 Å². The van der Waals surface area contributed by atoms with Crippen molar-refractivity contribution in [2.45, 2.75) is 20.0 Å². The summed E-state index contributed by atoms with van der Waals surface area (Å²) < 4.78 is 27.5. The van der Waals surface area contributed by atoms with Gasteiger partial charge in [0.15, 0.2) is 17.3 Å². The lowest BCUT2D eigenvalue weighted by atomic mass is 10.1. The van der Waals surface area contributed by atoms with Gasteiger partial charge in [-0.05, 0) is 36.2 Å². The van der Waals surface area contributed by atoms with E-state index in [9.17, 15) is 4.79 Å². The number of benzene rings is 2. The van der Waals surface area contributed by atoms with Crippen molar-refractivity contribution in [2.75, 3.05) is 0 Å². The number of nitrogens with zero attached hydrogens (tertiary/aromatic N) is 3. The number of hydrogen-bond donors (Lipinski definition) is 1. The van der Waals surface area contributed by atoms with Gasteiger partial charge in [-0.25, -0.2) is 9.89 Å². The molecule has 0 aliphatic carbocycles. The average Bonchev–Trinajstić information content (AvgIpc) is 3.00. The molecule has 144 valence electrons. The van der Waals surface area contributed by atoms with Gasteiger partial charge in [-0.15, -0.1) is 0 Å². The minimum absolute atomic E-state index is 0.0120. The molecule has 0 bridgehead atoms. The van der Waals surface area contributed by atoms with E-state index < -0.39 is 11.5 Å². The predicted molar refractivity (Wildman–Crippen MR) is 100 cm³/mol. The zero-order valence-electron chi connectivity index (χ0n) is 15.1. The lowest BCUT2D eigenvalue weighted by Crippen LogP contribution is -2.15. The third-order valence-corrected chi connectivity index (χ3v) is 4.29. The number of nitrogens with one attached hydrogen (secondary N) is 1. The Kier molecular flexibility index (Phi) is 5.66. The maximum absolute atomic E-state index is 15.1. The third kappa shape index (κ3) is 4.00. The second-order valence-electron chi connectivity index (χ2n) is 5.90. The average molecular weight is 403 g/mol. The molecule has 9 heteroatoms. The monoisotopic (exact) mass is 402 g/mol. The quantitative estimate of drug-likeness (QED) is 0.678. The molecule has 28 heavy (non-hydrogen) atoms. The van der Waals surface area contributed by atoms with Crippen LogP contribution in [-0.4, -0.2) is 14.8 Å². The largest absolute Gasteiger partial charge is 0.482 e. The van der Waals surface area contributed by atoms with Crippen LogP contribution in [0.15, 0.2) is 35.1 Å². The molecule has 0 amide bonds. The molecule has 0 aliphatic heterocycles. The summed E-state index contributed by atoms with van der Waals surface area (Å²) in [4.78, 5) is 11.4. The van der Waals surface area contributed by atoms with Gasteiger partial charge in [-0.2, -0.15) is 14.8 Å². The van der Waals surface area contributed by atoms with Crippen LogP contribution < -0.4 is 15.2 Å². The summed E-state index contributed by atoms with van der Waals surface area (Å²) in [7, 11) is 1.53. The Bertz CT molecular complexity index is 1120. The van der Waals surface area contributed by atoms with Gasteiger partial charge in [0.1, 0.15) is 12.4 Å². The van der Waals surface area contributed by atoms with E-state index in [0.717, 1.165) is 0 Å². The summed E-state index contributed by atoms with van der Waals surface area (Å²) in [5, 5.41) is 15.5. The van der Waals surface area contributed by atoms with Gasteiger partial charge >= 0.3 is 5.69 Å². The number of halogens is 2. The number of ether oxygens (including phenoxy) is 2. The summed E-state index contributed by atoms with van der Waals surface area (Å²) in [6, 6.07) is 9.60. The van der Waals surface area contributed by atoms with Gasteiger partial charge in [0.2, 0.25) is 5.82 Å². The van der Waals surface area contributed by atoms with Gasteiger partial charge < -0.3 is 9.47 Å². The Morgan fingerprint density at radius 3 is 2.79 bits per heavy atom. The van der Waals surface area contributed by atoms with E-state index in [1.807, 2.05) is 13.0 Å². The molecule has 1 N–H and O–H groups in total. The van der Waals surface area contributed by atoms with Crippen LogP contribution in [-0.2, 0) is 20.1 Å². The minimum atomic E-state index is -0.696. The molecule has 0 saturated heterocycles. The van der Waals surface area contributed by atoms with Crippen molar-refractivity contribution in [3.8, 4) is 23.3 Å². The number of nitriles is 1. The normalized spacial score (nSPS) is 10.5. The second kappa shape index (κ2) is 8.15. The molecule has 0 fully saturated rings. The van der Waals surface area contributed by atoms with Crippen molar-refractivity contribution in [3.05, 3.63) is 68.6 Å². The van der Waals surface area contributed by atoms with Crippen LogP contribution in [0.25, 0.3) is 0 Å². The van der Waals surface area contributed by atoms with Gasteiger partial charge in [0, 0.05) is 12.1 Å². The first-order valence-electron chi connectivity index (χ1n) is 8.36. The number of hydrogen-bond acceptors (Lipinski definition) is 5. The first kappa shape index (κ1) is 19.5. The lowest BCUT2D eigenvalue weighted by Gasteiger charge is -2.15. The molecule has 0 unspecified atom stereocenters. The van der Waals surface area contributed by atoms with E-state index in [0.29, 0.717) is 28.4 Å². The molecule has 2 aromatic carbocycles. The van der Waals surface area contributed by atoms with Crippen LogP contribution >= 0.6 is 11.6 Å². The second-order valence-corrected chi connectivity index (χ2v) is 6.34. The first-order chi connectivity index (χ1) is 13.4. The van der Waals surface area contributed by atoms with Crippen molar-refractivity contribution < 1.29 is 13.9 Å². The molecule has 0 spiro atoms. The topological polar surface area (TPSA) is 92.9 Å². The number of aromatic nitrogens is 3. The van der Waals surface area contributed by atoms with E-state index in [2.05, 4.69) is 10.2 Å². The lowest BCUT2D eigenvalue weighted by molar-refractivity contribution is 0.272. The highest BCUT2D eigenvalue weighted by Crippen LogP contribution is 2.35. The fourth-order valence-corrected chi connectivity index (χ4v) is 2.76. The van der Waals surface area contributed by atoms with Crippen molar-refractivity contribution >= 4 is 11.6 Å². The Balaban J connectivity index is 1.91. The van der Waals surface area contributed by atoms with Crippen molar-refractivity contribution in [1.82, 2.24) is 14.8 Å². The Morgan fingerprint density at radius 2 is 2.14 bits per heavy atom. The van der Waals surface area contributed by atoms with Crippen LogP contribution in [0.2, 0.25) is 5.02 Å². The van der Waals surface area contributed by atoms with E-state index in [4.69, 9.17) is 26.3 Å². The molecule has 7 nitrogen and oxygen atoms in total. The number of H-pyrrole nitrogens is 1. The van der Waals surface area contributed by atoms with Crippen LogP contribution in [0.5, 0.6) is 17.2 Å². The Labute approximate surface area is 164 Å². The van der Waals surface area contributed by atoms with Crippen molar-refractivity contribution in [3.63, 3.8) is 0 Å². The molecular formula is C19H16ClFN4O3. The predicted octanol–water partition coefficient (Wildman–Crippen LogP) is 3.71. The molecule has 1 heterocycles. The minimum Gasteiger partial charge on any atom is -0.482 e. The molecular weight excluding hydrogens is 387 g/mol.